The average molecular weight is 338 g/mol. The monoisotopic (exact) mass is 338 g/mol. The molecule has 0 atom stereocenters. The van der Waals surface area contributed by atoms with Crippen molar-refractivity contribution in [1.29, 1.82) is 0 Å². The van der Waals surface area contributed by atoms with Crippen LogP contribution in [0.25, 0.3) is 22.2 Å². The molecule has 1 fully saturated rings. The normalized spacial score (nSPS) is 16.4. The molecule has 25 heavy (non-hydrogen) atoms. The molecule has 3 N–H and O–H groups in total. The lowest BCUT2D eigenvalue weighted by Gasteiger charge is -2.29. The summed E-state index contributed by atoms with van der Waals surface area (Å²) in [5.74, 6) is 1.000. The van der Waals surface area contributed by atoms with Gasteiger partial charge in [-0.3, -0.25) is 4.68 Å². The third kappa shape index (κ3) is 3.25. The van der Waals surface area contributed by atoms with Crippen LogP contribution in [-0.4, -0.2) is 55.8 Å². The third-order valence-electron chi connectivity index (χ3n) is 4.67. The minimum atomic E-state index is 0.378. The summed E-state index contributed by atoms with van der Waals surface area (Å²) < 4.78 is 1.76. The van der Waals surface area contributed by atoms with Gasteiger partial charge in [-0.25, -0.2) is 4.98 Å². The molecule has 1 aliphatic rings. The molecule has 0 aliphatic carbocycles. The molecule has 1 saturated heterocycles. The van der Waals surface area contributed by atoms with Crippen LogP contribution < -0.4 is 11.1 Å². The number of aromatic nitrogens is 5. The maximum absolute atomic E-state index is 6.18. The zero-order chi connectivity index (χ0) is 17.4. The maximum atomic E-state index is 6.18. The number of nitrogens with one attached hydrogen (secondary N) is 1. The summed E-state index contributed by atoms with van der Waals surface area (Å²) in [4.78, 5) is 15.8. The topological polar surface area (TPSA) is 97.8 Å². The second-order valence-electron chi connectivity index (χ2n) is 6.65. The Kier molecular flexibility index (Phi) is 3.96. The summed E-state index contributed by atoms with van der Waals surface area (Å²) in [5.41, 5.74) is 8.72. The van der Waals surface area contributed by atoms with Crippen LogP contribution in [0.1, 0.15) is 12.8 Å². The summed E-state index contributed by atoms with van der Waals surface area (Å²) in [6.07, 6.45) is 7.69. The molecule has 8 nitrogen and oxygen atoms in total. The third-order valence-corrected chi connectivity index (χ3v) is 4.67. The summed E-state index contributed by atoms with van der Waals surface area (Å²) in [5, 5.41) is 8.35. The zero-order valence-electron chi connectivity index (χ0n) is 14.5. The van der Waals surface area contributed by atoms with Gasteiger partial charge >= 0.3 is 0 Å². The lowest BCUT2D eigenvalue weighted by molar-refractivity contribution is 0.263. The SMILES string of the molecule is CN1CCC(Nc2nc(N)c3cc(-c4cnn(C)c4)cnc3n2)CC1. The molecule has 130 valence electrons. The summed E-state index contributed by atoms with van der Waals surface area (Å²) >= 11 is 0. The van der Waals surface area contributed by atoms with Crippen molar-refractivity contribution in [3.8, 4) is 11.1 Å². The minimum Gasteiger partial charge on any atom is -0.383 e. The van der Waals surface area contributed by atoms with E-state index in [1.54, 1.807) is 17.1 Å². The molecular weight excluding hydrogens is 316 g/mol. The van der Waals surface area contributed by atoms with Crippen molar-refractivity contribution in [1.82, 2.24) is 29.6 Å². The molecule has 3 aromatic heterocycles. The molecular formula is C17H22N8. The first kappa shape index (κ1) is 15.8. The quantitative estimate of drug-likeness (QED) is 0.747. The highest BCUT2D eigenvalue weighted by atomic mass is 15.2. The van der Waals surface area contributed by atoms with Gasteiger partial charge in [-0.1, -0.05) is 0 Å². The number of anilines is 2. The number of fused-ring (bicyclic) bond motifs is 1. The Labute approximate surface area is 146 Å². The first-order valence-corrected chi connectivity index (χ1v) is 8.46. The van der Waals surface area contributed by atoms with E-state index >= 15 is 0 Å². The van der Waals surface area contributed by atoms with Gasteiger partial charge in [0.25, 0.3) is 0 Å². The first-order valence-electron chi connectivity index (χ1n) is 8.46. The Hall–Kier alpha value is -2.74. The fraction of sp³-hybridized carbons (Fsp3) is 0.412. The van der Waals surface area contributed by atoms with Gasteiger partial charge in [0.15, 0.2) is 5.65 Å². The van der Waals surface area contributed by atoms with Gasteiger partial charge in [0, 0.05) is 36.6 Å². The van der Waals surface area contributed by atoms with Gasteiger partial charge in [0.1, 0.15) is 5.82 Å². The number of nitrogens with two attached hydrogens (primary N) is 1. The van der Waals surface area contributed by atoms with E-state index in [0.29, 0.717) is 23.5 Å². The van der Waals surface area contributed by atoms with Gasteiger partial charge in [0.2, 0.25) is 5.95 Å². The standard InChI is InChI=1S/C17H22N8/c1-24-5-3-13(4-6-24)21-17-22-15(18)14-7-11(8-19-16(14)23-17)12-9-20-25(2)10-12/h7-10,13H,3-6H2,1-2H3,(H3,18,19,21,22,23). The molecule has 0 unspecified atom stereocenters. The molecule has 0 spiro atoms. The van der Waals surface area contributed by atoms with Gasteiger partial charge in [-0.2, -0.15) is 15.1 Å². The molecule has 3 aromatic rings. The van der Waals surface area contributed by atoms with Gasteiger partial charge in [-0.05, 0) is 39.0 Å². The predicted octanol–water partition coefficient (Wildman–Crippen LogP) is 1.51. The van der Waals surface area contributed by atoms with E-state index in [-0.39, 0.29) is 0 Å². The van der Waals surface area contributed by atoms with Gasteiger partial charge < -0.3 is 16.0 Å². The molecule has 4 rings (SSSR count). The second kappa shape index (κ2) is 6.29. The lowest BCUT2D eigenvalue weighted by Crippen LogP contribution is -2.37. The molecule has 0 bridgehead atoms. The Morgan fingerprint density at radius 3 is 2.64 bits per heavy atom. The van der Waals surface area contributed by atoms with Gasteiger partial charge in [0.05, 0.1) is 11.6 Å². The van der Waals surface area contributed by atoms with Crippen LogP contribution in [0.3, 0.4) is 0 Å². The van der Waals surface area contributed by atoms with Crippen molar-refractivity contribution in [2.75, 3.05) is 31.2 Å². The number of nitrogens with zero attached hydrogens (tertiary/aromatic N) is 6. The number of nitrogen functional groups attached to an aromatic ring is 1. The van der Waals surface area contributed by atoms with Crippen molar-refractivity contribution >= 4 is 22.8 Å². The number of hydrogen-bond acceptors (Lipinski definition) is 7. The number of piperidine rings is 1. The van der Waals surface area contributed by atoms with E-state index in [1.165, 1.54) is 0 Å². The summed E-state index contributed by atoms with van der Waals surface area (Å²) in [6.45, 7) is 2.15. The van der Waals surface area contributed by atoms with Crippen LogP contribution in [0, 0.1) is 0 Å². The Morgan fingerprint density at radius 2 is 1.92 bits per heavy atom. The average Bonchev–Trinajstić information content (AvgIpc) is 3.03. The smallest absolute Gasteiger partial charge is 0.226 e. The Morgan fingerprint density at radius 1 is 1.12 bits per heavy atom. The van der Waals surface area contributed by atoms with E-state index in [2.05, 4.69) is 37.3 Å². The number of aryl methyl sites for hydroxylation is 1. The zero-order valence-corrected chi connectivity index (χ0v) is 14.5. The molecule has 4 heterocycles. The number of rotatable bonds is 3. The molecule has 8 heteroatoms. The highest BCUT2D eigenvalue weighted by Gasteiger charge is 2.18. The van der Waals surface area contributed by atoms with Crippen LogP contribution in [0.15, 0.2) is 24.7 Å². The largest absolute Gasteiger partial charge is 0.383 e. The lowest BCUT2D eigenvalue weighted by atomic mass is 10.1. The van der Waals surface area contributed by atoms with E-state index < -0.39 is 0 Å². The highest BCUT2D eigenvalue weighted by molar-refractivity contribution is 5.89. The van der Waals surface area contributed by atoms with Crippen molar-refractivity contribution in [2.45, 2.75) is 18.9 Å². The Bertz CT molecular complexity index is 895. The van der Waals surface area contributed by atoms with Crippen LogP contribution in [0.2, 0.25) is 0 Å². The summed E-state index contributed by atoms with van der Waals surface area (Å²) in [7, 11) is 4.03. The van der Waals surface area contributed by atoms with E-state index in [0.717, 1.165) is 42.4 Å². The molecule has 1 aliphatic heterocycles. The molecule has 0 amide bonds. The van der Waals surface area contributed by atoms with Crippen LogP contribution in [0.4, 0.5) is 11.8 Å². The van der Waals surface area contributed by atoms with Gasteiger partial charge in [-0.15, -0.1) is 0 Å². The van der Waals surface area contributed by atoms with Crippen LogP contribution in [0.5, 0.6) is 0 Å². The predicted molar refractivity (Wildman–Crippen MR) is 98.1 cm³/mol. The fourth-order valence-electron chi connectivity index (χ4n) is 3.16. The van der Waals surface area contributed by atoms with Crippen molar-refractivity contribution < 1.29 is 0 Å². The van der Waals surface area contributed by atoms with Crippen LogP contribution >= 0.6 is 0 Å². The first-order chi connectivity index (χ1) is 12.1. The molecule has 0 radical (unpaired) electrons. The maximum Gasteiger partial charge on any atom is 0.226 e. The fourth-order valence-corrected chi connectivity index (χ4v) is 3.16. The minimum absolute atomic E-state index is 0.378. The molecule has 0 saturated carbocycles. The highest BCUT2D eigenvalue weighted by Crippen LogP contribution is 2.25. The Balaban J connectivity index is 1.61. The van der Waals surface area contributed by atoms with Crippen LogP contribution in [-0.2, 0) is 7.05 Å². The number of pyridine rings is 1. The second-order valence-corrected chi connectivity index (χ2v) is 6.65. The van der Waals surface area contributed by atoms with E-state index in [4.69, 9.17) is 5.73 Å². The van der Waals surface area contributed by atoms with Crippen molar-refractivity contribution in [2.24, 2.45) is 7.05 Å². The number of likely N-dealkylation sites (tertiary alicyclic amines) is 1. The summed E-state index contributed by atoms with van der Waals surface area (Å²) in [6, 6.07) is 2.34. The van der Waals surface area contributed by atoms with Crippen molar-refractivity contribution in [3.63, 3.8) is 0 Å². The number of hydrogen-bond donors (Lipinski definition) is 2. The van der Waals surface area contributed by atoms with E-state index in [1.807, 2.05) is 19.3 Å². The molecule has 0 aromatic carbocycles. The van der Waals surface area contributed by atoms with E-state index in [9.17, 15) is 0 Å². The van der Waals surface area contributed by atoms with Crippen molar-refractivity contribution in [3.05, 3.63) is 24.7 Å².